The van der Waals surface area contributed by atoms with Gasteiger partial charge in [0.25, 0.3) is 0 Å². The maximum Gasteiger partial charge on any atom is -0.00165 e. The van der Waals surface area contributed by atoms with Crippen molar-refractivity contribution in [2.24, 2.45) is 0 Å². The van der Waals surface area contributed by atoms with E-state index < -0.39 is 0 Å². The first kappa shape index (κ1) is 23.7. The Morgan fingerprint density at radius 2 is 1.00 bits per heavy atom. The summed E-state index contributed by atoms with van der Waals surface area (Å²) in [6, 6.07) is 45.7. The minimum atomic E-state index is 0.934. The number of hydrogen-bond acceptors (Lipinski definition) is 0. The molecule has 176 valence electrons. The maximum absolute atomic E-state index is 3.07. The molecule has 0 amide bonds. The van der Waals surface area contributed by atoms with E-state index in [9.17, 15) is 0 Å². The molecule has 0 fully saturated rings. The van der Waals surface area contributed by atoms with Crippen LogP contribution in [0.4, 0.5) is 0 Å². The average Bonchev–Trinajstić information content (AvgIpc) is 2.89. The van der Waals surface area contributed by atoms with Gasteiger partial charge in [-0.2, -0.15) is 0 Å². The summed E-state index contributed by atoms with van der Waals surface area (Å²) in [5.41, 5.74) is 13.7. The highest BCUT2D eigenvalue weighted by Crippen LogP contribution is 2.22. The third-order valence-corrected chi connectivity index (χ3v) is 7.12. The Kier molecular flexibility index (Phi) is 7.30. The second kappa shape index (κ2) is 11.1. The van der Waals surface area contributed by atoms with Gasteiger partial charge in [-0.1, -0.05) is 103 Å². The lowest BCUT2D eigenvalue weighted by molar-refractivity contribution is 1.08. The molecule has 0 aliphatic rings. The highest BCUT2D eigenvalue weighted by molar-refractivity contribution is 5.41. The van der Waals surface area contributed by atoms with E-state index >= 15 is 0 Å². The van der Waals surface area contributed by atoms with E-state index in [1.165, 1.54) is 55.6 Å². The van der Waals surface area contributed by atoms with Gasteiger partial charge in [-0.15, -0.1) is 0 Å². The molecule has 0 bridgehead atoms. The van der Waals surface area contributed by atoms with E-state index in [1.807, 2.05) is 12.1 Å². The minimum absolute atomic E-state index is 0.934. The molecule has 0 saturated heterocycles. The highest BCUT2D eigenvalue weighted by atomic mass is 14.1. The van der Waals surface area contributed by atoms with Crippen LogP contribution in [0.25, 0.3) is 0 Å². The van der Waals surface area contributed by atoms with Gasteiger partial charge in [0.05, 0.1) is 0 Å². The number of aryl methyl sites for hydroxylation is 1. The quantitative estimate of drug-likeness (QED) is 0.217. The van der Waals surface area contributed by atoms with Crippen molar-refractivity contribution in [3.8, 4) is 0 Å². The standard InChI is InChI=1S/C36H32/c1-27-11-6-7-18-34(27)25-32-16-8-14-30(22-32)21-31-15-9-17-33(23-31)26-36-20-10-19-35(28(36)2)24-29-12-4-3-5-13-29/h4,6-20,22-23H,21,24-26H2,1-2H3. The molecule has 0 N–H and O–H groups in total. The van der Waals surface area contributed by atoms with E-state index in [0.29, 0.717) is 0 Å². The summed E-state index contributed by atoms with van der Waals surface area (Å²) in [4.78, 5) is 0. The van der Waals surface area contributed by atoms with E-state index in [0.717, 1.165) is 25.7 Å². The Balaban J connectivity index is 1.30. The summed E-state index contributed by atoms with van der Waals surface area (Å²) >= 11 is 0. The Hall–Kier alpha value is -4.08. The first-order chi connectivity index (χ1) is 17.6. The summed E-state index contributed by atoms with van der Waals surface area (Å²) in [5, 5.41) is 0. The first-order valence-electron chi connectivity index (χ1n) is 12.8. The molecule has 0 unspecified atom stereocenters. The smallest absolute Gasteiger partial charge is 0.00165 e. The van der Waals surface area contributed by atoms with Crippen LogP contribution in [-0.4, -0.2) is 0 Å². The Morgan fingerprint density at radius 1 is 0.472 bits per heavy atom. The Labute approximate surface area is 216 Å². The van der Waals surface area contributed by atoms with Crippen LogP contribution in [0.3, 0.4) is 0 Å². The predicted octanol–water partition coefficient (Wildman–Crippen LogP) is 8.27. The van der Waals surface area contributed by atoms with Crippen molar-refractivity contribution < 1.29 is 0 Å². The van der Waals surface area contributed by atoms with Crippen LogP contribution in [-0.2, 0) is 25.7 Å². The van der Waals surface area contributed by atoms with Gasteiger partial charge in [0.2, 0.25) is 0 Å². The van der Waals surface area contributed by atoms with E-state index in [4.69, 9.17) is 0 Å². The summed E-state index contributed by atoms with van der Waals surface area (Å²) in [7, 11) is 0. The zero-order valence-corrected chi connectivity index (χ0v) is 21.2. The molecule has 0 aliphatic heterocycles. The van der Waals surface area contributed by atoms with E-state index in [-0.39, 0.29) is 0 Å². The fourth-order valence-electron chi connectivity index (χ4n) is 5.01. The zero-order chi connectivity index (χ0) is 24.7. The summed E-state index contributed by atoms with van der Waals surface area (Å²) < 4.78 is 0. The van der Waals surface area contributed by atoms with Gasteiger partial charge < -0.3 is 0 Å². The number of benzene rings is 4. The number of hydrogen-bond donors (Lipinski definition) is 0. The van der Waals surface area contributed by atoms with Crippen LogP contribution in [0.15, 0.2) is 109 Å². The summed E-state index contributed by atoms with van der Waals surface area (Å²) in [5.74, 6) is 0. The van der Waals surface area contributed by atoms with Gasteiger partial charge in [0.1, 0.15) is 0 Å². The topological polar surface area (TPSA) is 0 Å². The van der Waals surface area contributed by atoms with Gasteiger partial charge in [0.15, 0.2) is 0 Å². The van der Waals surface area contributed by atoms with Crippen molar-refractivity contribution in [1.29, 1.82) is 0 Å². The van der Waals surface area contributed by atoms with Gasteiger partial charge >= 0.3 is 0 Å². The fraction of sp³-hybridized carbons (Fsp3) is 0.167. The van der Waals surface area contributed by atoms with Gasteiger partial charge in [-0.05, 0) is 113 Å². The lowest BCUT2D eigenvalue weighted by Crippen LogP contribution is -1.99. The zero-order valence-electron chi connectivity index (χ0n) is 21.2. The Morgan fingerprint density at radius 3 is 1.61 bits per heavy atom. The Bertz CT molecular complexity index is 1440. The summed E-state index contributed by atoms with van der Waals surface area (Å²) in [6.45, 7) is 4.45. The van der Waals surface area contributed by atoms with Gasteiger partial charge in [0, 0.05) is 0 Å². The molecule has 0 heterocycles. The van der Waals surface area contributed by atoms with Crippen LogP contribution in [0.5, 0.6) is 0 Å². The lowest BCUT2D eigenvalue weighted by Gasteiger charge is -2.13. The lowest BCUT2D eigenvalue weighted by atomic mass is 9.92. The molecule has 36 heavy (non-hydrogen) atoms. The third kappa shape index (κ3) is 5.94. The van der Waals surface area contributed by atoms with Crippen LogP contribution >= 0.6 is 0 Å². The monoisotopic (exact) mass is 464 g/mol. The molecule has 5 rings (SSSR count). The van der Waals surface area contributed by atoms with Crippen molar-refractivity contribution in [2.75, 3.05) is 0 Å². The molecule has 0 spiro atoms. The molecule has 0 aliphatic carbocycles. The average molecular weight is 465 g/mol. The fourth-order valence-corrected chi connectivity index (χ4v) is 5.01. The maximum atomic E-state index is 3.07. The molecule has 5 aromatic rings. The van der Waals surface area contributed by atoms with Gasteiger partial charge in [-0.3, -0.25) is 0 Å². The predicted molar refractivity (Wildman–Crippen MR) is 151 cm³/mol. The molecule has 0 atom stereocenters. The molecule has 0 radical (unpaired) electrons. The molecular weight excluding hydrogens is 432 g/mol. The largest absolute Gasteiger partial charge is 0.0702 e. The second-order valence-corrected chi connectivity index (χ2v) is 9.82. The number of rotatable bonds is 8. The van der Waals surface area contributed by atoms with E-state index in [2.05, 4.69) is 123 Å². The highest BCUT2D eigenvalue weighted by Gasteiger charge is 2.08. The molecule has 0 aromatic heterocycles. The molecular formula is C36H32. The van der Waals surface area contributed by atoms with Crippen LogP contribution in [0.2, 0.25) is 0 Å². The molecule has 0 heteroatoms. The van der Waals surface area contributed by atoms with E-state index in [1.54, 1.807) is 0 Å². The minimum Gasteiger partial charge on any atom is -0.0702 e. The van der Waals surface area contributed by atoms with Crippen LogP contribution < -0.4 is 0 Å². The first-order valence-corrected chi connectivity index (χ1v) is 12.8. The van der Waals surface area contributed by atoms with Crippen molar-refractivity contribution >= 4 is 0 Å². The van der Waals surface area contributed by atoms with Gasteiger partial charge in [-0.25, -0.2) is 0 Å². The second-order valence-electron chi connectivity index (χ2n) is 9.82. The molecule has 5 aromatic carbocycles. The SMILES string of the molecule is Cc1ccccc1Cc1cccc(Cc2cccc(Cc3cccc(Cc4cc#ccc4)c3C)c2)c1. The van der Waals surface area contributed by atoms with Crippen LogP contribution in [0, 0.1) is 26.0 Å². The normalized spacial score (nSPS) is 10.7. The van der Waals surface area contributed by atoms with Crippen molar-refractivity contribution in [2.45, 2.75) is 39.5 Å². The van der Waals surface area contributed by atoms with Crippen molar-refractivity contribution in [3.05, 3.63) is 177 Å². The third-order valence-electron chi connectivity index (χ3n) is 7.12. The van der Waals surface area contributed by atoms with Crippen molar-refractivity contribution in [3.63, 3.8) is 0 Å². The molecule has 0 nitrogen and oxygen atoms in total. The molecule has 0 saturated carbocycles. The summed E-state index contributed by atoms with van der Waals surface area (Å²) in [6.07, 6.45) is 3.82. The van der Waals surface area contributed by atoms with Crippen LogP contribution in [0.1, 0.15) is 55.6 Å². The van der Waals surface area contributed by atoms with Crippen molar-refractivity contribution in [1.82, 2.24) is 0 Å².